The molecule has 0 heterocycles. The van der Waals surface area contributed by atoms with Gasteiger partial charge in [0.25, 0.3) is 0 Å². The van der Waals surface area contributed by atoms with Crippen LogP contribution >= 0.6 is 0 Å². The quantitative estimate of drug-likeness (QED) is 0.307. The summed E-state index contributed by atoms with van der Waals surface area (Å²) in [6, 6.07) is 8.65. The smallest absolute Gasteiger partial charge is 0.485 e. The number of unbranched alkanes of at least 4 members (excludes halogenated alkanes) is 1. The molecule has 0 aromatic heterocycles. The fourth-order valence-corrected chi connectivity index (χ4v) is 3.20. The molecule has 0 saturated heterocycles. The lowest BCUT2D eigenvalue weighted by atomic mass is 10.3. The zero-order valence-electron chi connectivity index (χ0n) is 13.9. The van der Waals surface area contributed by atoms with E-state index in [4.69, 9.17) is 17.7 Å². The molecule has 1 aromatic carbocycles. The SMILES string of the molecule is CCCCOc1ccc([S+](CC)CC)cc1.O=S(=O)([O-])C(F)(F)F. The molecule has 0 fully saturated rings. The van der Waals surface area contributed by atoms with E-state index in [1.54, 1.807) is 0 Å². The molecule has 0 aliphatic heterocycles. The molecule has 0 N–H and O–H groups in total. The van der Waals surface area contributed by atoms with E-state index in [9.17, 15) is 13.2 Å². The van der Waals surface area contributed by atoms with E-state index in [1.165, 1.54) is 22.8 Å². The average Bonchev–Trinajstić information content (AvgIpc) is 2.49. The van der Waals surface area contributed by atoms with Crippen molar-refractivity contribution in [2.75, 3.05) is 18.1 Å². The molecular weight excluding hydrogens is 365 g/mol. The molecule has 0 unspecified atom stereocenters. The van der Waals surface area contributed by atoms with E-state index >= 15 is 0 Å². The lowest BCUT2D eigenvalue weighted by Crippen LogP contribution is -2.21. The molecule has 0 aliphatic rings. The van der Waals surface area contributed by atoms with Crippen LogP contribution < -0.4 is 4.74 Å². The number of hydrogen-bond acceptors (Lipinski definition) is 4. The van der Waals surface area contributed by atoms with Crippen LogP contribution in [-0.2, 0) is 21.0 Å². The fraction of sp³-hybridized carbons (Fsp3) is 0.600. The molecule has 1 aromatic rings. The number of ether oxygens (including phenoxy) is 1. The minimum Gasteiger partial charge on any atom is -0.741 e. The monoisotopic (exact) mass is 388 g/mol. The van der Waals surface area contributed by atoms with Gasteiger partial charge in [-0.15, -0.1) is 0 Å². The summed E-state index contributed by atoms with van der Waals surface area (Å²) in [6.45, 7) is 7.54. The molecule has 0 amide bonds. The minimum absolute atomic E-state index is 0.427. The topological polar surface area (TPSA) is 66.4 Å². The highest BCUT2D eigenvalue weighted by molar-refractivity contribution is 7.96. The summed E-state index contributed by atoms with van der Waals surface area (Å²) in [7, 11) is -5.66. The third-order valence-electron chi connectivity index (χ3n) is 2.90. The second-order valence-corrected chi connectivity index (χ2v) is 8.63. The zero-order chi connectivity index (χ0) is 18.8. The van der Waals surface area contributed by atoms with Gasteiger partial charge in [0.05, 0.1) is 6.61 Å². The first-order chi connectivity index (χ1) is 11.1. The van der Waals surface area contributed by atoms with E-state index in [2.05, 4.69) is 45.0 Å². The molecule has 0 radical (unpaired) electrons. The van der Waals surface area contributed by atoms with Crippen molar-refractivity contribution in [3.05, 3.63) is 24.3 Å². The number of rotatable bonds is 7. The second-order valence-electron chi connectivity index (χ2n) is 4.64. The Morgan fingerprint density at radius 3 is 1.88 bits per heavy atom. The van der Waals surface area contributed by atoms with Crippen molar-refractivity contribution in [2.45, 2.75) is 44.0 Å². The van der Waals surface area contributed by atoms with Crippen molar-refractivity contribution >= 4 is 21.0 Å². The van der Waals surface area contributed by atoms with Gasteiger partial charge >= 0.3 is 5.51 Å². The molecular formula is C15H23F3O4S2. The maximum atomic E-state index is 10.7. The standard InChI is InChI=1S/C14H23OS.CHF3O3S/c1-4-7-12-15-13-8-10-14(11-9-13)16(5-2)6-3;2-1(3,4)8(5,6)7/h8-11H,4-7,12H2,1-3H3;(H,5,6,7)/q+1;/p-1. The van der Waals surface area contributed by atoms with Crippen LogP contribution in [0, 0.1) is 0 Å². The maximum Gasteiger partial charge on any atom is 0.485 e. The van der Waals surface area contributed by atoms with Gasteiger partial charge in [-0.2, -0.15) is 13.2 Å². The first-order valence-electron chi connectivity index (χ1n) is 7.49. The summed E-state index contributed by atoms with van der Waals surface area (Å²) >= 11 is 0. The van der Waals surface area contributed by atoms with E-state index in [0.29, 0.717) is 10.9 Å². The van der Waals surface area contributed by atoms with Crippen LogP contribution in [-0.4, -0.2) is 36.6 Å². The van der Waals surface area contributed by atoms with Gasteiger partial charge in [0, 0.05) is 10.9 Å². The maximum absolute atomic E-state index is 10.7. The van der Waals surface area contributed by atoms with Crippen LogP contribution in [0.1, 0.15) is 33.6 Å². The van der Waals surface area contributed by atoms with E-state index in [1.807, 2.05) is 0 Å². The Bertz CT molecular complexity index is 553. The van der Waals surface area contributed by atoms with Crippen molar-refractivity contribution in [2.24, 2.45) is 0 Å². The Morgan fingerprint density at radius 2 is 1.54 bits per heavy atom. The molecule has 140 valence electrons. The summed E-state index contributed by atoms with van der Waals surface area (Å²) in [6.07, 6.45) is 2.32. The predicted octanol–water partition coefficient (Wildman–Crippen LogP) is 3.93. The Labute approximate surface area is 144 Å². The highest BCUT2D eigenvalue weighted by Gasteiger charge is 2.36. The predicted molar refractivity (Wildman–Crippen MR) is 89.3 cm³/mol. The zero-order valence-corrected chi connectivity index (χ0v) is 15.6. The summed E-state index contributed by atoms with van der Waals surface area (Å²) in [5.41, 5.74) is -5.65. The van der Waals surface area contributed by atoms with Crippen LogP contribution in [0.4, 0.5) is 13.2 Å². The second kappa shape index (κ2) is 10.8. The highest BCUT2D eigenvalue weighted by atomic mass is 32.2. The van der Waals surface area contributed by atoms with Crippen LogP contribution in [0.2, 0.25) is 0 Å². The summed E-state index contributed by atoms with van der Waals surface area (Å²) in [5.74, 6) is 3.49. The lowest BCUT2D eigenvalue weighted by Gasteiger charge is -2.08. The molecule has 0 bridgehead atoms. The fourth-order valence-electron chi connectivity index (χ4n) is 1.60. The van der Waals surface area contributed by atoms with Crippen LogP contribution in [0.3, 0.4) is 0 Å². The van der Waals surface area contributed by atoms with Crippen molar-refractivity contribution in [3.8, 4) is 5.75 Å². The van der Waals surface area contributed by atoms with Gasteiger partial charge in [-0.1, -0.05) is 13.3 Å². The molecule has 24 heavy (non-hydrogen) atoms. The van der Waals surface area contributed by atoms with Gasteiger partial charge < -0.3 is 9.29 Å². The summed E-state index contributed by atoms with van der Waals surface area (Å²) in [5, 5.41) is 0. The third kappa shape index (κ3) is 8.79. The van der Waals surface area contributed by atoms with Gasteiger partial charge in [-0.05, 0) is 44.5 Å². The summed E-state index contributed by atoms with van der Waals surface area (Å²) in [4.78, 5) is 1.47. The molecule has 9 heteroatoms. The number of hydrogen-bond donors (Lipinski definition) is 0. The van der Waals surface area contributed by atoms with Gasteiger partial charge in [-0.25, -0.2) is 8.42 Å². The largest absolute Gasteiger partial charge is 0.741 e. The third-order valence-corrected chi connectivity index (χ3v) is 5.80. The Morgan fingerprint density at radius 1 is 1.08 bits per heavy atom. The number of benzene rings is 1. The van der Waals surface area contributed by atoms with E-state index < -0.39 is 15.6 Å². The number of halogens is 3. The molecule has 1 rings (SSSR count). The van der Waals surface area contributed by atoms with Gasteiger partial charge in [-0.3, -0.25) is 0 Å². The highest BCUT2D eigenvalue weighted by Crippen LogP contribution is 2.20. The molecule has 0 saturated carbocycles. The molecule has 0 spiro atoms. The van der Waals surface area contributed by atoms with Gasteiger partial charge in [0.15, 0.2) is 15.0 Å². The first kappa shape index (κ1) is 23.1. The Kier molecular flexibility index (Phi) is 10.4. The Hall–Kier alpha value is -0.930. The summed E-state index contributed by atoms with van der Waals surface area (Å²) < 4.78 is 64.6. The number of alkyl halides is 3. The van der Waals surface area contributed by atoms with Crippen molar-refractivity contribution < 1.29 is 30.9 Å². The van der Waals surface area contributed by atoms with Crippen LogP contribution in [0.25, 0.3) is 0 Å². The average molecular weight is 388 g/mol. The molecule has 0 aliphatic carbocycles. The molecule has 0 atom stereocenters. The van der Waals surface area contributed by atoms with E-state index in [-0.39, 0.29) is 0 Å². The Balaban J connectivity index is 0.000000561. The molecule has 4 nitrogen and oxygen atoms in total. The lowest BCUT2D eigenvalue weighted by molar-refractivity contribution is -0.0517. The van der Waals surface area contributed by atoms with Gasteiger partial charge in [0.1, 0.15) is 17.3 Å². The van der Waals surface area contributed by atoms with Crippen molar-refractivity contribution in [1.82, 2.24) is 0 Å². The van der Waals surface area contributed by atoms with Crippen LogP contribution in [0.5, 0.6) is 5.75 Å². The van der Waals surface area contributed by atoms with Crippen LogP contribution in [0.15, 0.2) is 29.2 Å². The van der Waals surface area contributed by atoms with E-state index in [0.717, 1.165) is 18.8 Å². The van der Waals surface area contributed by atoms with Crippen molar-refractivity contribution in [3.63, 3.8) is 0 Å². The normalized spacial score (nSPS) is 11.8. The first-order valence-corrected chi connectivity index (χ1v) is 10.5. The minimum atomic E-state index is -6.09. The van der Waals surface area contributed by atoms with Crippen molar-refractivity contribution in [1.29, 1.82) is 0 Å². The van der Waals surface area contributed by atoms with Gasteiger partial charge in [0.2, 0.25) is 0 Å².